The summed E-state index contributed by atoms with van der Waals surface area (Å²) in [5.74, 6) is 0.0447. The first-order valence-corrected chi connectivity index (χ1v) is 10.6. The molecule has 1 aliphatic rings. The van der Waals surface area contributed by atoms with E-state index in [9.17, 15) is 9.59 Å². The molecule has 0 unspecified atom stereocenters. The number of nitrogens with zero attached hydrogens (tertiary/aromatic N) is 2. The van der Waals surface area contributed by atoms with Crippen molar-refractivity contribution in [1.82, 2.24) is 15.3 Å². The number of nitrogens with one attached hydrogen (secondary N) is 1. The number of primary amides is 1. The van der Waals surface area contributed by atoms with Crippen LogP contribution in [-0.4, -0.2) is 28.3 Å². The number of benzene rings is 1. The van der Waals surface area contributed by atoms with Gasteiger partial charge in [-0.25, -0.2) is 0 Å². The van der Waals surface area contributed by atoms with E-state index in [1.165, 1.54) is 0 Å². The standard InChI is InChI=1S/C26H24N4O3/c1-2-24(33-16-23-21(25(27)31)6-4-13-29-23)20-5-3-12-28-22(20)10-8-17-7-9-19-18(15-17)11-14-30-26(19)32/h2-10,12-13,15H,11,14,16H2,1H3,(H2,27,31)(H,30,32). The maximum atomic E-state index is 12.0. The van der Waals surface area contributed by atoms with Crippen LogP contribution in [0.5, 0.6) is 0 Å². The zero-order chi connectivity index (χ0) is 23.2. The molecule has 1 aromatic carbocycles. The highest BCUT2D eigenvalue weighted by molar-refractivity contribution is 5.97. The van der Waals surface area contributed by atoms with Gasteiger partial charge in [-0.3, -0.25) is 19.6 Å². The van der Waals surface area contributed by atoms with Gasteiger partial charge in [-0.15, -0.1) is 0 Å². The molecule has 7 heteroatoms. The monoisotopic (exact) mass is 440 g/mol. The van der Waals surface area contributed by atoms with E-state index in [0.29, 0.717) is 23.6 Å². The Balaban J connectivity index is 1.55. The lowest BCUT2D eigenvalue weighted by molar-refractivity contribution is 0.0944. The summed E-state index contributed by atoms with van der Waals surface area (Å²) in [6.07, 6.45) is 9.87. The van der Waals surface area contributed by atoms with Crippen molar-refractivity contribution in [1.29, 1.82) is 0 Å². The van der Waals surface area contributed by atoms with Gasteiger partial charge in [0, 0.05) is 30.1 Å². The largest absolute Gasteiger partial charge is 0.487 e. The lowest BCUT2D eigenvalue weighted by Crippen LogP contribution is -2.31. The third-order valence-electron chi connectivity index (χ3n) is 5.37. The third-order valence-corrected chi connectivity index (χ3v) is 5.37. The maximum absolute atomic E-state index is 12.0. The number of nitrogens with two attached hydrogens (primary N) is 1. The molecule has 1 aliphatic heterocycles. The summed E-state index contributed by atoms with van der Waals surface area (Å²) >= 11 is 0. The van der Waals surface area contributed by atoms with Gasteiger partial charge in [0.25, 0.3) is 11.8 Å². The van der Waals surface area contributed by atoms with E-state index in [0.717, 1.165) is 34.4 Å². The van der Waals surface area contributed by atoms with Crippen LogP contribution in [-0.2, 0) is 17.8 Å². The Morgan fingerprint density at radius 1 is 1.12 bits per heavy atom. The minimum Gasteiger partial charge on any atom is -0.487 e. The van der Waals surface area contributed by atoms with Crippen LogP contribution in [0.15, 0.2) is 60.9 Å². The Kier molecular flexibility index (Phi) is 6.59. The van der Waals surface area contributed by atoms with Gasteiger partial charge in [-0.05, 0) is 67.0 Å². The number of amides is 2. The van der Waals surface area contributed by atoms with Crippen molar-refractivity contribution >= 4 is 29.7 Å². The first-order chi connectivity index (χ1) is 16.1. The first kappa shape index (κ1) is 22.0. The van der Waals surface area contributed by atoms with E-state index < -0.39 is 5.91 Å². The Bertz CT molecular complexity index is 1260. The molecule has 0 saturated carbocycles. The van der Waals surface area contributed by atoms with Crippen molar-refractivity contribution in [3.63, 3.8) is 0 Å². The Morgan fingerprint density at radius 3 is 2.70 bits per heavy atom. The predicted octanol–water partition coefficient (Wildman–Crippen LogP) is 3.61. The molecule has 0 fully saturated rings. The second-order valence-corrected chi connectivity index (χ2v) is 7.50. The number of pyridine rings is 2. The number of fused-ring (bicyclic) bond motifs is 1. The molecule has 166 valence electrons. The number of allylic oxidation sites excluding steroid dienone is 1. The average molecular weight is 441 g/mol. The lowest BCUT2D eigenvalue weighted by atomic mass is 9.97. The van der Waals surface area contributed by atoms with E-state index in [2.05, 4.69) is 15.3 Å². The van der Waals surface area contributed by atoms with Crippen LogP contribution >= 0.6 is 0 Å². The zero-order valence-corrected chi connectivity index (χ0v) is 18.2. The van der Waals surface area contributed by atoms with Crippen LogP contribution in [0.4, 0.5) is 0 Å². The summed E-state index contributed by atoms with van der Waals surface area (Å²) in [6, 6.07) is 12.9. The Hall–Kier alpha value is -4.26. The number of hydrogen-bond donors (Lipinski definition) is 2. The predicted molar refractivity (Wildman–Crippen MR) is 127 cm³/mol. The smallest absolute Gasteiger partial charge is 0.251 e. The van der Waals surface area contributed by atoms with Crippen molar-refractivity contribution in [2.24, 2.45) is 5.73 Å². The quantitative estimate of drug-likeness (QED) is 0.546. The van der Waals surface area contributed by atoms with Gasteiger partial charge in [0.2, 0.25) is 0 Å². The van der Waals surface area contributed by atoms with Crippen LogP contribution < -0.4 is 11.1 Å². The molecule has 0 aliphatic carbocycles. The fourth-order valence-electron chi connectivity index (χ4n) is 3.73. The first-order valence-electron chi connectivity index (χ1n) is 10.6. The summed E-state index contributed by atoms with van der Waals surface area (Å²) in [5.41, 5.74) is 10.6. The molecular formula is C26H24N4O3. The van der Waals surface area contributed by atoms with E-state index in [-0.39, 0.29) is 12.5 Å². The summed E-state index contributed by atoms with van der Waals surface area (Å²) in [4.78, 5) is 32.3. The van der Waals surface area contributed by atoms with Crippen LogP contribution in [0.25, 0.3) is 17.9 Å². The van der Waals surface area contributed by atoms with Gasteiger partial charge >= 0.3 is 0 Å². The van der Waals surface area contributed by atoms with Crippen molar-refractivity contribution in [2.45, 2.75) is 20.0 Å². The fraction of sp³-hybridized carbons (Fsp3) is 0.154. The molecular weight excluding hydrogens is 416 g/mol. The van der Waals surface area contributed by atoms with Crippen LogP contribution in [0.1, 0.15) is 55.7 Å². The topological polar surface area (TPSA) is 107 Å². The van der Waals surface area contributed by atoms with Gasteiger partial charge in [-0.1, -0.05) is 18.2 Å². The molecule has 3 heterocycles. The highest BCUT2D eigenvalue weighted by atomic mass is 16.5. The molecule has 0 bridgehead atoms. The number of ether oxygens (including phenoxy) is 1. The third kappa shape index (κ3) is 4.98. The van der Waals surface area contributed by atoms with Crippen molar-refractivity contribution in [2.75, 3.05) is 6.54 Å². The second-order valence-electron chi connectivity index (χ2n) is 7.50. The Morgan fingerprint density at radius 2 is 1.91 bits per heavy atom. The summed E-state index contributed by atoms with van der Waals surface area (Å²) in [7, 11) is 0. The molecule has 2 amide bonds. The summed E-state index contributed by atoms with van der Waals surface area (Å²) in [6.45, 7) is 2.63. The van der Waals surface area contributed by atoms with E-state index in [1.807, 2.05) is 55.5 Å². The molecule has 3 N–H and O–H groups in total. The molecule has 0 atom stereocenters. The van der Waals surface area contributed by atoms with Gasteiger partial charge in [-0.2, -0.15) is 0 Å². The minimum absolute atomic E-state index is 0.0268. The van der Waals surface area contributed by atoms with E-state index in [4.69, 9.17) is 10.5 Å². The normalized spacial score (nSPS) is 13.5. The molecule has 0 spiro atoms. The van der Waals surface area contributed by atoms with Crippen LogP contribution in [0.3, 0.4) is 0 Å². The average Bonchev–Trinajstić information content (AvgIpc) is 2.84. The van der Waals surface area contributed by atoms with Crippen molar-refractivity contribution in [3.8, 4) is 0 Å². The van der Waals surface area contributed by atoms with E-state index in [1.54, 1.807) is 24.5 Å². The SMILES string of the molecule is CC=C(OCc1ncccc1C(N)=O)c1cccnc1C=Cc1ccc2c(c1)CCNC2=O. The Labute approximate surface area is 192 Å². The number of carbonyl (C=O) groups excluding carboxylic acids is 2. The molecule has 0 radical (unpaired) electrons. The van der Waals surface area contributed by atoms with Crippen molar-refractivity contribution in [3.05, 3.63) is 100 Å². The van der Waals surface area contributed by atoms with Crippen molar-refractivity contribution < 1.29 is 14.3 Å². The fourth-order valence-corrected chi connectivity index (χ4v) is 3.73. The molecule has 3 aromatic rings. The number of aromatic nitrogens is 2. The summed E-state index contributed by atoms with van der Waals surface area (Å²) in [5, 5.41) is 2.86. The molecule has 0 saturated heterocycles. The van der Waals surface area contributed by atoms with Crippen LogP contribution in [0, 0.1) is 0 Å². The second kappa shape index (κ2) is 9.91. The zero-order valence-electron chi connectivity index (χ0n) is 18.2. The van der Waals surface area contributed by atoms with E-state index >= 15 is 0 Å². The lowest BCUT2D eigenvalue weighted by Gasteiger charge is -2.16. The molecule has 7 nitrogen and oxygen atoms in total. The number of rotatable bonds is 7. The summed E-state index contributed by atoms with van der Waals surface area (Å²) < 4.78 is 6.01. The highest BCUT2D eigenvalue weighted by Gasteiger charge is 2.16. The number of hydrogen-bond acceptors (Lipinski definition) is 5. The molecule has 2 aromatic heterocycles. The maximum Gasteiger partial charge on any atom is 0.251 e. The minimum atomic E-state index is -0.545. The van der Waals surface area contributed by atoms with Gasteiger partial charge in [0.1, 0.15) is 12.4 Å². The van der Waals surface area contributed by atoms with Gasteiger partial charge in [0.15, 0.2) is 0 Å². The molecule has 33 heavy (non-hydrogen) atoms. The van der Waals surface area contributed by atoms with Gasteiger partial charge < -0.3 is 15.8 Å². The van der Waals surface area contributed by atoms with Gasteiger partial charge in [0.05, 0.1) is 17.0 Å². The highest BCUT2D eigenvalue weighted by Crippen LogP contribution is 2.23. The van der Waals surface area contributed by atoms with Crippen LogP contribution in [0.2, 0.25) is 0 Å². The number of carbonyl (C=O) groups is 2. The molecule has 4 rings (SSSR count).